The molecule has 0 bridgehead atoms. The molecule has 0 unspecified atom stereocenters. The number of rotatable bonds is 6. The molecular formula is C25H26N2O7S. The predicted molar refractivity (Wildman–Crippen MR) is 130 cm³/mol. The van der Waals surface area contributed by atoms with E-state index >= 15 is 0 Å². The number of ether oxygens (including phenoxy) is 1. The van der Waals surface area contributed by atoms with Gasteiger partial charge in [-0.1, -0.05) is 6.42 Å². The van der Waals surface area contributed by atoms with Crippen molar-refractivity contribution in [1.29, 1.82) is 0 Å². The van der Waals surface area contributed by atoms with Gasteiger partial charge in [-0.3, -0.25) is 4.79 Å². The molecule has 1 saturated heterocycles. The average molecular weight is 499 g/mol. The number of hydrogen-bond acceptors (Lipinski definition) is 7. The van der Waals surface area contributed by atoms with Crippen LogP contribution in [0.4, 0.5) is 5.69 Å². The molecule has 2 heterocycles. The van der Waals surface area contributed by atoms with Crippen LogP contribution in [0.15, 0.2) is 62.6 Å². The smallest absolute Gasteiger partial charge is 0.338 e. The molecule has 35 heavy (non-hydrogen) atoms. The standard InChI is InChI=1S/C25H26N2O7S/c1-16-5-3-4-12-27(16)35(31,32)21-9-6-18(7-10-21)25(30)33-15-19-13-24(29)34-23-14-20(26-17(2)28)8-11-22(19)23/h6-11,13-14,16H,3-5,12,15H2,1-2H3,(H,26,28)/t16-/m0/s1. The summed E-state index contributed by atoms with van der Waals surface area (Å²) in [6.07, 6.45) is 2.66. The number of sulfonamides is 1. The quantitative estimate of drug-likeness (QED) is 0.406. The Morgan fingerprint density at radius 3 is 2.54 bits per heavy atom. The second kappa shape index (κ2) is 10.0. The van der Waals surface area contributed by atoms with Gasteiger partial charge >= 0.3 is 11.6 Å². The van der Waals surface area contributed by atoms with Crippen LogP contribution < -0.4 is 10.9 Å². The molecule has 1 atom stereocenters. The van der Waals surface area contributed by atoms with E-state index in [0.717, 1.165) is 19.3 Å². The Morgan fingerprint density at radius 1 is 1.11 bits per heavy atom. The molecule has 4 rings (SSSR count). The molecular weight excluding hydrogens is 472 g/mol. The number of nitrogens with one attached hydrogen (secondary N) is 1. The van der Waals surface area contributed by atoms with Crippen LogP contribution in [0.3, 0.4) is 0 Å². The van der Waals surface area contributed by atoms with Gasteiger partial charge in [0.25, 0.3) is 0 Å². The highest BCUT2D eigenvalue weighted by atomic mass is 32.2. The van der Waals surface area contributed by atoms with Crippen molar-refractivity contribution in [2.24, 2.45) is 0 Å². The van der Waals surface area contributed by atoms with E-state index in [1.807, 2.05) is 6.92 Å². The topological polar surface area (TPSA) is 123 Å². The van der Waals surface area contributed by atoms with Crippen molar-refractivity contribution in [3.63, 3.8) is 0 Å². The van der Waals surface area contributed by atoms with Crippen LogP contribution in [0.5, 0.6) is 0 Å². The van der Waals surface area contributed by atoms with Gasteiger partial charge in [0, 0.05) is 48.3 Å². The second-order valence-corrected chi connectivity index (χ2v) is 10.4. The Morgan fingerprint density at radius 2 is 1.86 bits per heavy atom. The van der Waals surface area contributed by atoms with E-state index in [4.69, 9.17) is 9.15 Å². The molecule has 184 valence electrons. The highest BCUT2D eigenvalue weighted by Crippen LogP contribution is 2.26. The third-order valence-corrected chi connectivity index (χ3v) is 7.98. The minimum atomic E-state index is -3.64. The lowest BCUT2D eigenvalue weighted by atomic mass is 10.1. The molecule has 3 aromatic rings. The largest absolute Gasteiger partial charge is 0.457 e. The minimum Gasteiger partial charge on any atom is -0.457 e. The number of hydrogen-bond donors (Lipinski definition) is 1. The molecule has 2 aromatic carbocycles. The Bertz CT molecular complexity index is 1430. The summed E-state index contributed by atoms with van der Waals surface area (Å²) in [7, 11) is -3.64. The normalized spacial score (nSPS) is 16.7. The van der Waals surface area contributed by atoms with Gasteiger partial charge in [0.2, 0.25) is 15.9 Å². The first-order chi connectivity index (χ1) is 16.6. The summed E-state index contributed by atoms with van der Waals surface area (Å²) in [4.78, 5) is 36.0. The van der Waals surface area contributed by atoms with E-state index in [0.29, 0.717) is 23.2 Å². The SMILES string of the molecule is CC(=O)Nc1ccc2c(COC(=O)c3ccc(S(=O)(=O)N4CCCC[C@@H]4C)cc3)cc(=O)oc2c1. The molecule has 0 spiro atoms. The Hall–Kier alpha value is -3.50. The maximum absolute atomic E-state index is 13.0. The summed E-state index contributed by atoms with van der Waals surface area (Å²) in [6.45, 7) is 3.56. The van der Waals surface area contributed by atoms with E-state index < -0.39 is 21.6 Å². The monoisotopic (exact) mass is 498 g/mol. The maximum Gasteiger partial charge on any atom is 0.338 e. The number of carbonyl (C=O) groups excluding carboxylic acids is 2. The van der Waals surface area contributed by atoms with Gasteiger partial charge in [0.05, 0.1) is 10.5 Å². The highest BCUT2D eigenvalue weighted by Gasteiger charge is 2.31. The number of piperidine rings is 1. The molecule has 10 heteroatoms. The van der Waals surface area contributed by atoms with Gasteiger partial charge in [0.1, 0.15) is 12.2 Å². The number of carbonyl (C=O) groups is 2. The van der Waals surface area contributed by atoms with Gasteiger partial charge in [-0.2, -0.15) is 4.31 Å². The first-order valence-corrected chi connectivity index (χ1v) is 12.7. The van der Waals surface area contributed by atoms with E-state index in [1.165, 1.54) is 47.6 Å². The maximum atomic E-state index is 13.0. The molecule has 1 aliphatic rings. The zero-order valence-corrected chi connectivity index (χ0v) is 20.3. The first-order valence-electron chi connectivity index (χ1n) is 11.3. The Kier molecular flexibility index (Phi) is 7.04. The van der Waals surface area contributed by atoms with Crippen molar-refractivity contribution >= 4 is 38.6 Å². The summed E-state index contributed by atoms with van der Waals surface area (Å²) in [6, 6.07) is 11.7. The number of benzene rings is 2. The van der Waals surface area contributed by atoms with Crippen LogP contribution in [0.2, 0.25) is 0 Å². The average Bonchev–Trinajstić information content (AvgIpc) is 2.82. The van der Waals surface area contributed by atoms with Crippen LogP contribution in [-0.4, -0.2) is 37.2 Å². The van der Waals surface area contributed by atoms with Crippen molar-refractivity contribution < 1.29 is 27.2 Å². The number of amides is 1. The Labute approximate surface area is 202 Å². The van der Waals surface area contributed by atoms with Crippen LogP contribution in [0, 0.1) is 0 Å². The lowest BCUT2D eigenvalue weighted by Crippen LogP contribution is -2.41. The van der Waals surface area contributed by atoms with Gasteiger partial charge in [0.15, 0.2) is 0 Å². The second-order valence-electron chi connectivity index (χ2n) is 8.54. The minimum absolute atomic E-state index is 0.0638. The van der Waals surface area contributed by atoms with E-state index in [1.54, 1.807) is 12.1 Å². The van der Waals surface area contributed by atoms with Crippen LogP contribution in [0.25, 0.3) is 11.0 Å². The van der Waals surface area contributed by atoms with E-state index in [-0.39, 0.29) is 34.6 Å². The third kappa shape index (κ3) is 5.44. The molecule has 1 amide bonds. The van der Waals surface area contributed by atoms with Crippen LogP contribution in [0.1, 0.15) is 49.0 Å². The molecule has 0 saturated carbocycles. The zero-order valence-electron chi connectivity index (χ0n) is 19.4. The number of fused-ring (bicyclic) bond motifs is 1. The molecule has 1 aliphatic heterocycles. The molecule has 0 radical (unpaired) electrons. The lowest BCUT2D eigenvalue weighted by molar-refractivity contribution is -0.114. The summed E-state index contributed by atoms with van der Waals surface area (Å²) < 4.78 is 38.1. The summed E-state index contributed by atoms with van der Waals surface area (Å²) in [5.41, 5.74) is 0.728. The summed E-state index contributed by atoms with van der Waals surface area (Å²) >= 11 is 0. The molecule has 1 aromatic heterocycles. The fourth-order valence-electron chi connectivity index (χ4n) is 4.18. The van der Waals surface area contributed by atoms with Gasteiger partial charge in [-0.05, 0) is 56.2 Å². The lowest BCUT2D eigenvalue weighted by Gasteiger charge is -2.32. The molecule has 9 nitrogen and oxygen atoms in total. The van der Waals surface area contributed by atoms with Gasteiger partial charge in [-0.15, -0.1) is 0 Å². The first kappa shape index (κ1) is 24.6. The summed E-state index contributed by atoms with van der Waals surface area (Å²) in [5.74, 6) is -0.919. The number of esters is 1. The van der Waals surface area contributed by atoms with Crippen molar-refractivity contribution in [2.45, 2.75) is 50.7 Å². The number of anilines is 1. The zero-order chi connectivity index (χ0) is 25.2. The number of nitrogens with zero attached hydrogens (tertiary/aromatic N) is 1. The fraction of sp³-hybridized carbons (Fsp3) is 0.320. The van der Waals surface area contributed by atoms with E-state index in [9.17, 15) is 22.8 Å². The Balaban J connectivity index is 1.49. The van der Waals surface area contributed by atoms with Crippen molar-refractivity contribution in [3.05, 3.63) is 70.1 Å². The van der Waals surface area contributed by atoms with Crippen molar-refractivity contribution in [1.82, 2.24) is 4.31 Å². The summed E-state index contributed by atoms with van der Waals surface area (Å²) in [5, 5.41) is 3.17. The van der Waals surface area contributed by atoms with Crippen molar-refractivity contribution in [3.8, 4) is 0 Å². The molecule has 1 fully saturated rings. The van der Waals surface area contributed by atoms with E-state index in [2.05, 4.69) is 5.32 Å². The third-order valence-electron chi connectivity index (χ3n) is 5.95. The van der Waals surface area contributed by atoms with Gasteiger partial charge < -0.3 is 14.5 Å². The molecule has 1 N–H and O–H groups in total. The molecule has 0 aliphatic carbocycles. The predicted octanol–water partition coefficient (Wildman–Crippen LogP) is 3.67. The van der Waals surface area contributed by atoms with Crippen LogP contribution in [-0.2, 0) is 26.2 Å². The van der Waals surface area contributed by atoms with Gasteiger partial charge in [-0.25, -0.2) is 18.0 Å². The fourth-order valence-corrected chi connectivity index (χ4v) is 5.88. The van der Waals surface area contributed by atoms with Crippen molar-refractivity contribution in [2.75, 3.05) is 11.9 Å². The van der Waals surface area contributed by atoms with Crippen LogP contribution >= 0.6 is 0 Å². The highest BCUT2D eigenvalue weighted by molar-refractivity contribution is 7.89.